The Hall–Kier alpha value is -1.84. The fourth-order valence-electron chi connectivity index (χ4n) is 3.09. The van der Waals surface area contributed by atoms with Gasteiger partial charge in [-0.25, -0.2) is 0 Å². The highest BCUT2D eigenvalue weighted by Gasteiger charge is 2.37. The molecule has 4 nitrogen and oxygen atoms in total. The van der Waals surface area contributed by atoms with Gasteiger partial charge in [0.25, 0.3) is 0 Å². The molecule has 0 radical (unpaired) electrons. The van der Waals surface area contributed by atoms with E-state index in [4.69, 9.17) is 0 Å². The van der Waals surface area contributed by atoms with E-state index in [-0.39, 0.29) is 23.9 Å². The maximum absolute atomic E-state index is 12.6. The SMILES string of the molecule is CC(NC(=O)C(C)(C)C(=O)NC1CCCCCC1)c1ccccc1. The molecule has 1 fully saturated rings. The number of benzene rings is 1. The second-order valence-corrected chi connectivity index (χ2v) is 7.39. The van der Waals surface area contributed by atoms with Crippen LogP contribution in [0.5, 0.6) is 0 Å². The van der Waals surface area contributed by atoms with Crippen LogP contribution in [-0.2, 0) is 9.59 Å². The third-order valence-corrected chi connectivity index (χ3v) is 4.97. The van der Waals surface area contributed by atoms with Gasteiger partial charge in [-0.05, 0) is 39.2 Å². The van der Waals surface area contributed by atoms with Crippen LogP contribution in [0.15, 0.2) is 30.3 Å². The highest BCUT2D eigenvalue weighted by Crippen LogP contribution is 2.22. The molecule has 1 unspecified atom stereocenters. The third kappa shape index (κ3) is 4.83. The molecule has 0 bridgehead atoms. The number of hydrogen-bond acceptors (Lipinski definition) is 2. The van der Waals surface area contributed by atoms with Crippen molar-refractivity contribution < 1.29 is 9.59 Å². The highest BCUT2D eigenvalue weighted by molar-refractivity contribution is 6.04. The summed E-state index contributed by atoms with van der Waals surface area (Å²) in [7, 11) is 0. The van der Waals surface area contributed by atoms with Crippen molar-refractivity contribution in [3.8, 4) is 0 Å². The Balaban J connectivity index is 1.94. The number of nitrogens with one attached hydrogen (secondary N) is 2. The molecule has 1 aromatic carbocycles. The van der Waals surface area contributed by atoms with Crippen molar-refractivity contribution in [1.29, 1.82) is 0 Å². The number of carbonyl (C=O) groups is 2. The van der Waals surface area contributed by atoms with Crippen LogP contribution in [0.25, 0.3) is 0 Å². The standard InChI is InChI=1S/C20H30N2O2/c1-15(16-11-7-6-8-12-16)21-18(23)20(2,3)19(24)22-17-13-9-4-5-10-14-17/h6-8,11-12,15,17H,4-5,9-10,13-14H2,1-3H3,(H,21,23)(H,22,24). The maximum atomic E-state index is 12.6. The first-order valence-electron chi connectivity index (χ1n) is 9.08. The molecular formula is C20H30N2O2. The van der Waals surface area contributed by atoms with Gasteiger partial charge in [0.05, 0.1) is 6.04 Å². The van der Waals surface area contributed by atoms with Crippen LogP contribution >= 0.6 is 0 Å². The summed E-state index contributed by atoms with van der Waals surface area (Å²) in [6, 6.07) is 9.88. The smallest absolute Gasteiger partial charge is 0.235 e. The molecule has 2 amide bonds. The summed E-state index contributed by atoms with van der Waals surface area (Å²) in [6.07, 6.45) is 6.83. The summed E-state index contributed by atoms with van der Waals surface area (Å²) in [5.41, 5.74) is -0.0409. The molecule has 1 aliphatic rings. The van der Waals surface area contributed by atoms with Crippen molar-refractivity contribution in [3.63, 3.8) is 0 Å². The molecule has 2 N–H and O–H groups in total. The maximum Gasteiger partial charge on any atom is 0.235 e. The largest absolute Gasteiger partial charge is 0.352 e. The molecule has 0 aromatic heterocycles. The van der Waals surface area contributed by atoms with Crippen molar-refractivity contribution in [2.24, 2.45) is 5.41 Å². The summed E-state index contributed by atoms with van der Waals surface area (Å²) in [5, 5.41) is 6.06. The minimum absolute atomic E-state index is 0.122. The minimum atomic E-state index is -1.07. The number of rotatable bonds is 5. The van der Waals surface area contributed by atoms with Gasteiger partial charge in [0.1, 0.15) is 5.41 Å². The lowest BCUT2D eigenvalue weighted by Crippen LogP contribution is -2.50. The van der Waals surface area contributed by atoms with E-state index >= 15 is 0 Å². The molecule has 132 valence electrons. The van der Waals surface area contributed by atoms with Crippen molar-refractivity contribution in [1.82, 2.24) is 10.6 Å². The van der Waals surface area contributed by atoms with E-state index in [1.54, 1.807) is 13.8 Å². The van der Waals surface area contributed by atoms with E-state index in [0.717, 1.165) is 31.2 Å². The molecule has 0 heterocycles. The number of carbonyl (C=O) groups excluding carboxylic acids is 2. The average molecular weight is 330 g/mol. The number of hydrogen-bond donors (Lipinski definition) is 2. The first-order chi connectivity index (χ1) is 11.4. The molecule has 0 spiro atoms. The molecule has 0 saturated heterocycles. The van der Waals surface area contributed by atoms with Crippen LogP contribution < -0.4 is 10.6 Å². The lowest BCUT2D eigenvalue weighted by Gasteiger charge is -2.27. The lowest BCUT2D eigenvalue weighted by atomic mass is 9.89. The Morgan fingerprint density at radius 3 is 2.17 bits per heavy atom. The van der Waals surface area contributed by atoms with Gasteiger partial charge in [0, 0.05) is 6.04 Å². The second kappa shape index (κ2) is 8.32. The first-order valence-corrected chi connectivity index (χ1v) is 9.08. The van der Waals surface area contributed by atoms with Crippen LogP contribution in [0, 0.1) is 5.41 Å². The Morgan fingerprint density at radius 1 is 1.00 bits per heavy atom. The monoisotopic (exact) mass is 330 g/mol. The topological polar surface area (TPSA) is 58.2 Å². The normalized spacial score (nSPS) is 17.6. The lowest BCUT2D eigenvalue weighted by molar-refractivity contribution is -0.142. The number of amides is 2. The van der Waals surface area contributed by atoms with E-state index in [9.17, 15) is 9.59 Å². The van der Waals surface area contributed by atoms with Gasteiger partial charge < -0.3 is 10.6 Å². The van der Waals surface area contributed by atoms with Crippen molar-refractivity contribution in [2.45, 2.75) is 71.4 Å². The van der Waals surface area contributed by atoms with Crippen LogP contribution in [0.3, 0.4) is 0 Å². The molecule has 1 saturated carbocycles. The predicted molar refractivity (Wildman–Crippen MR) is 96.4 cm³/mol. The van der Waals surface area contributed by atoms with Gasteiger partial charge in [-0.3, -0.25) is 9.59 Å². The van der Waals surface area contributed by atoms with E-state index in [1.807, 2.05) is 37.3 Å². The second-order valence-electron chi connectivity index (χ2n) is 7.39. The van der Waals surface area contributed by atoms with Gasteiger partial charge in [-0.1, -0.05) is 56.0 Å². The summed E-state index contributed by atoms with van der Waals surface area (Å²) < 4.78 is 0. The van der Waals surface area contributed by atoms with Crippen molar-refractivity contribution in [2.75, 3.05) is 0 Å². The van der Waals surface area contributed by atoms with Crippen LogP contribution in [0.1, 0.15) is 70.9 Å². The zero-order valence-corrected chi connectivity index (χ0v) is 15.1. The molecule has 2 rings (SSSR count). The van der Waals surface area contributed by atoms with Crippen molar-refractivity contribution in [3.05, 3.63) is 35.9 Å². The van der Waals surface area contributed by atoms with Crippen LogP contribution in [0.4, 0.5) is 0 Å². The minimum Gasteiger partial charge on any atom is -0.352 e. The third-order valence-electron chi connectivity index (χ3n) is 4.97. The Kier molecular flexibility index (Phi) is 6.41. The zero-order valence-electron chi connectivity index (χ0n) is 15.1. The zero-order chi connectivity index (χ0) is 17.6. The summed E-state index contributed by atoms with van der Waals surface area (Å²) in [6.45, 7) is 5.34. The van der Waals surface area contributed by atoms with E-state index < -0.39 is 5.41 Å². The van der Waals surface area contributed by atoms with E-state index in [0.29, 0.717) is 0 Å². The molecular weight excluding hydrogens is 300 g/mol. The molecule has 0 aliphatic heterocycles. The first kappa shape index (κ1) is 18.5. The quantitative estimate of drug-likeness (QED) is 0.638. The van der Waals surface area contributed by atoms with E-state index in [1.165, 1.54) is 12.8 Å². The Bertz CT molecular complexity index is 546. The van der Waals surface area contributed by atoms with Crippen molar-refractivity contribution >= 4 is 11.8 Å². The van der Waals surface area contributed by atoms with Gasteiger partial charge in [0.15, 0.2) is 0 Å². The summed E-state index contributed by atoms with van der Waals surface area (Å²) in [5.74, 6) is -0.405. The van der Waals surface area contributed by atoms with Crippen LogP contribution in [0.2, 0.25) is 0 Å². The van der Waals surface area contributed by atoms with Gasteiger partial charge in [0.2, 0.25) is 11.8 Å². The average Bonchev–Trinajstić information content (AvgIpc) is 2.84. The molecule has 24 heavy (non-hydrogen) atoms. The summed E-state index contributed by atoms with van der Waals surface area (Å²) >= 11 is 0. The Morgan fingerprint density at radius 2 is 1.58 bits per heavy atom. The molecule has 1 atom stereocenters. The summed E-state index contributed by atoms with van der Waals surface area (Å²) in [4.78, 5) is 25.3. The molecule has 1 aromatic rings. The van der Waals surface area contributed by atoms with Gasteiger partial charge in [-0.15, -0.1) is 0 Å². The van der Waals surface area contributed by atoms with Gasteiger partial charge >= 0.3 is 0 Å². The highest BCUT2D eigenvalue weighted by atomic mass is 16.2. The Labute approximate surface area is 145 Å². The molecule has 1 aliphatic carbocycles. The predicted octanol–water partition coefficient (Wildman–Crippen LogP) is 3.73. The van der Waals surface area contributed by atoms with Crippen LogP contribution in [-0.4, -0.2) is 17.9 Å². The van der Waals surface area contributed by atoms with Gasteiger partial charge in [-0.2, -0.15) is 0 Å². The van der Waals surface area contributed by atoms with E-state index in [2.05, 4.69) is 10.6 Å². The molecule has 4 heteroatoms. The fourth-order valence-corrected chi connectivity index (χ4v) is 3.09. The fraction of sp³-hybridized carbons (Fsp3) is 0.600.